The molecule has 0 spiro atoms. The summed E-state index contributed by atoms with van der Waals surface area (Å²) in [5.74, 6) is -0.367. The quantitative estimate of drug-likeness (QED) is 0.364. The van der Waals surface area contributed by atoms with Gasteiger partial charge in [0.05, 0.1) is 5.01 Å². The molecule has 0 fully saturated rings. The van der Waals surface area contributed by atoms with E-state index in [-0.39, 0.29) is 5.96 Å². The van der Waals surface area contributed by atoms with Crippen molar-refractivity contribution in [1.29, 1.82) is 0 Å². The number of aryl methyl sites for hydroxylation is 1. The molecule has 7 heteroatoms. The molecule has 0 aliphatic rings. The summed E-state index contributed by atoms with van der Waals surface area (Å²) in [5.41, 5.74) is 15.8. The maximum absolute atomic E-state index is 10.8. The number of primary amides is 1. The highest BCUT2D eigenvalue weighted by Gasteiger charge is 2.05. The SMILES string of the molecule is NC(=O)c1csc(CCCCN=C(N)N)n1. The highest BCUT2D eigenvalue weighted by molar-refractivity contribution is 7.09. The predicted octanol–water partition coefficient (Wildman–Crippen LogP) is -0.162. The number of thiazole rings is 1. The molecule has 88 valence electrons. The molecule has 0 saturated heterocycles. The largest absolute Gasteiger partial charge is 0.370 e. The molecule has 0 bridgehead atoms. The highest BCUT2D eigenvalue weighted by atomic mass is 32.1. The molecule has 0 aliphatic carbocycles. The fraction of sp³-hybridized carbons (Fsp3) is 0.444. The van der Waals surface area contributed by atoms with E-state index in [1.54, 1.807) is 5.38 Å². The molecule has 1 amide bonds. The summed E-state index contributed by atoms with van der Waals surface area (Å²) >= 11 is 1.45. The van der Waals surface area contributed by atoms with Crippen molar-refractivity contribution in [3.63, 3.8) is 0 Å². The van der Waals surface area contributed by atoms with Gasteiger partial charge in [-0.15, -0.1) is 11.3 Å². The Hall–Kier alpha value is -1.63. The lowest BCUT2D eigenvalue weighted by Crippen LogP contribution is -2.22. The number of nitrogens with two attached hydrogens (primary N) is 3. The van der Waals surface area contributed by atoms with Gasteiger partial charge in [-0.1, -0.05) is 0 Å². The van der Waals surface area contributed by atoms with Crippen LogP contribution >= 0.6 is 11.3 Å². The van der Waals surface area contributed by atoms with Gasteiger partial charge in [-0.3, -0.25) is 9.79 Å². The predicted molar refractivity (Wildman–Crippen MR) is 64.2 cm³/mol. The maximum Gasteiger partial charge on any atom is 0.268 e. The van der Waals surface area contributed by atoms with Crippen LogP contribution in [0.25, 0.3) is 0 Å². The summed E-state index contributed by atoms with van der Waals surface area (Å²) in [4.78, 5) is 18.8. The number of aliphatic imine (C=N–C) groups is 1. The fourth-order valence-electron chi connectivity index (χ4n) is 1.14. The number of carbonyl (C=O) groups is 1. The van der Waals surface area contributed by atoms with Crippen molar-refractivity contribution in [1.82, 2.24) is 4.98 Å². The molecule has 1 aromatic heterocycles. The first kappa shape index (κ1) is 12.4. The summed E-state index contributed by atoms with van der Waals surface area (Å²) in [6, 6.07) is 0. The first-order valence-corrected chi connectivity index (χ1v) is 5.77. The van der Waals surface area contributed by atoms with Crippen molar-refractivity contribution in [3.8, 4) is 0 Å². The van der Waals surface area contributed by atoms with Crippen molar-refractivity contribution < 1.29 is 4.79 Å². The smallest absolute Gasteiger partial charge is 0.268 e. The van der Waals surface area contributed by atoms with E-state index in [0.717, 1.165) is 24.3 Å². The minimum Gasteiger partial charge on any atom is -0.370 e. The zero-order chi connectivity index (χ0) is 12.0. The molecule has 1 rings (SSSR count). The minimum atomic E-state index is -0.483. The van der Waals surface area contributed by atoms with E-state index in [0.29, 0.717) is 12.2 Å². The van der Waals surface area contributed by atoms with Crippen LogP contribution in [0.4, 0.5) is 0 Å². The van der Waals surface area contributed by atoms with Crippen LogP contribution in [0.5, 0.6) is 0 Å². The molecule has 0 atom stereocenters. The van der Waals surface area contributed by atoms with Gasteiger partial charge in [-0.05, 0) is 19.3 Å². The second-order valence-corrected chi connectivity index (χ2v) is 4.20. The molecule has 0 radical (unpaired) electrons. The topological polar surface area (TPSA) is 120 Å². The monoisotopic (exact) mass is 241 g/mol. The molecule has 16 heavy (non-hydrogen) atoms. The summed E-state index contributed by atoms with van der Waals surface area (Å²) in [6.07, 6.45) is 2.64. The van der Waals surface area contributed by atoms with Crippen LogP contribution in [0.3, 0.4) is 0 Å². The van der Waals surface area contributed by atoms with Crippen LogP contribution in [0, 0.1) is 0 Å². The van der Waals surface area contributed by atoms with E-state index in [1.807, 2.05) is 0 Å². The number of rotatable bonds is 6. The zero-order valence-electron chi connectivity index (χ0n) is 8.85. The minimum absolute atomic E-state index is 0.116. The van der Waals surface area contributed by atoms with E-state index in [4.69, 9.17) is 17.2 Å². The molecule has 0 aromatic carbocycles. The van der Waals surface area contributed by atoms with Gasteiger partial charge in [0.1, 0.15) is 5.69 Å². The lowest BCUT2D eigenvalue weighted by Gasteiger charge is -1.95. The van der Waals surface area contributed by atoms with Gasteiger partial charge in [0.2, 0.25) is 0 Å². The second kappa shape index (κ2) is 6.06. The lowest BCUT2D eigenvalue weighted by molar-refractivity contribution is 0.0996. The number of guanidine groups is 1. The first-order chi connectivity index (χ1) is 7.59. The zero-order valence-corrected chi connectivity index (χ0v) is 9.67. The van der Waals surface area contributed by atoms with Gasteiger partial charge in [-0.25, -0.2) is 4.98 Å². The van der Waals surface area contributed by atoms with Gasteiger partial charge in [0.15, 0.2) is 5.96 Å². The van der Waals surface area contributed by atoms with Crippen molar-refractivity contribution in [2.75, 3.05) is 6.54 Å². The van der Waals surface area contributed by atoms with Crippen LogP contribution in [0.2, 0.25) is 0 Å². The highest BCUT2D eigenvalue weighted by Crippen LogP contribution is 2.12. The molecule has 1 aromatic rings. The Morgan fingerprint density at radius 3 is 2.69 bits per heavy atom. The van der Waals surface area contributed by atoms with Gasteiger partial charge < -0.3 is 17.2 Å². The summed E-state index contributed by atoms with van der Waals surface area (Å²) in [6.45, 7) is 0.621. The lowest BCUT2D eigenvalue weighted by atomic mass is 10.2. The Morgan fingerprint density at radius 1 is 1.38 bits per heavy atom. The third-order valence-corrected chi connectivity index (χ3v) is 2.81. The number of unbranched alkanes of at least 4 members (excludes halogenated alkanes) is 1. The fourth-order valence-corrected chi connectivity index (χ4v) is 1.96. The first-order valence-electron chi connectivity index (χ1n) is 4.89. The average Bonchev–Trinajstić information content (AvgIpc) is 2.65. The van der Waals surface area contributed by atoms with E-state index in [2.05, 4.69) is 9.98 Å². The number of aromatic nitrogens is 1. The Balaban J connectivity index is 2.27. The molecule has 6 N–H and O–H groups in total. The van der Waals surface area contributed by atoms with Crippen LogP contribution in [-0.4, -0.2) is 23.4 Å². The molecule has 0 unspecified atom stereocenters. The van der Waals surface area contributed by atoms with E-state index >= 15 is 0 Å². The maximum atomic E-state index is 10.8. The van der Waals surface area contributed by atoms with Gasteiger partial charge in [-0.2, -0.15) is 0 Å². The number of amides is 1. The molecular formula is C9H15N5OS. The van der Waals surface area contributed by atoms with E-state index in [9.17, 15) is 4.79 Å². The average molecular weight is 241 g/mol. The summed E-state index contributed by atoms with van der Waals surface area (Å²) in [5, 5.41) is 2.59. The molecule has 6 nitrogen and oxygen atoms in total. The molecule has 0 aliphatic heterocycles. The number of nitrogens with zero attached hydrogens (tertiary/aromatic N) is 2. The number of hydrogen-bond donors (Lipinski definition) is 3. The Labute approximate surface area is 97.6 Å². The Kier molecular flexibility index (Phi) is 4.71. The van der Waals surface area contributed by atoms with Crippen LogP contribution in [-0.2, 0) is 6.42 Å². The number of carbonyl (C=O) groups excluding carboxylic acids is 1. The van der Waals surface area contributed by atoms with Crippen LogP contribution in [0.1, 0.15) is 28.3 Å². The van der Waals surface area contributed by atoms with Crippen LogP contribution < -0.4 is 17.2 Å². The van der Waals surface area contributed by atoms with Crippen molar-refractivity contribution >= 4 is 23.2 Å². The van der Waals surface area contributed by atoms with Gasteiger partial charge in [0.25, 0.3) is 5.91 Å². The standard InChI is InChI=1S/C9H15N5OS/c10-8(15)6-5-16-7(14-6)3-1-2-4-13-9(11)12/h5H,1-4H2,(H2,10,15)(H4,11,12,13). The molecule has 1 heterocycles. The third kappa shape index (κ3) is 4.26. The van der Waals surface area contributed by atoms with Crippen molar-refractivity contribution in [2.45, 2.75) is 19.3 Å². The van der Waals surface area contributed by atoms with E-state index < -0.39 is 5.91 Å². The van der Waals surface area contributed by atoms with Crippen molar-refractivity contribution in [3.05, 3.63) is 16.1 Å². The van der Waals surface area contributed by atoms with E-state index in [1.165, 1.54) is 11.3 Å². The van der Waals surface area contributed by atoms with Gasteiger partial charge in [0, 0.05) is 11.9 Å². The molecule has 0 saturated carbocycles. The van der Waals surface area contributed by atoms with Gasteiger partial charge >= 0.3 is 0 Å². The third-order valence-electron chi connectivity index (χ3n) is 1.90. The molecular weight excluding hydrogens is 226 g/mol. The normalized spacial score (nSPS) is 10.0. The van der Waals surface area contributed by atoms with Crippen molar-refractivity contribution in [2.24, 2.45) is 22.2 Å². The Bertz CT molecular complexity index is 383. The second-order valence-electron chi connectivity index (χ2n) is 3.25. The Morgan fingerprint density at radius 2 is 2.12 bits per heavy atom. The van der Waals surface area contributed by atoms with Crippen LogP contribution in [0.15, 0.2) is 10.4 Å². The summed E-state index contributed by atoms with van der Waals surface area (Å²) < 4.78 is 0. The number of hydrogen-bond acceptors (Lipinski definition) is 4. The summed E-state index contributed by atoms with van der Waals surface area (Å²) in [7, 11) is 0.